The van der Waals surface area contributed by atoms with Gasteiger partial charge in [-0.2, -0.15) is 0 Å². The van der Waals surface area contributed by atoms with Crippen LogP contribution in [0.25, 0.3) is 0 Å². The van der Waals surface area contributed by atoms with E-state index in [9.17, 15) is 17.6 Å². The Bertz CT molecular complexity index is 925. The van der Waals surface area contributed by atoms with Crippen molar-refractivity contribution >= 4 is 21.6 Å². The molecule has 0 bridgehead atoms. The van der Waals surface area contributed by atoms with E-state index in [1.165, 1.54) is 24.3 Å². The molecule has 0 saturated carbocycles. The van der Waals surface area contributed by atoms with Gasteiger partial charge in [-0.25, -0.2) is 17.9 Å². The van der Waals surface area contributed by atoms with Crippen LogP contribution in [-0.4, -0.2) is 58.5 Å². The standard InChI is InChI=1S/C20H25FN4O3S/c21-17-3-5-18(6-4-17)25-13-11-24(12-14-25)10-9-23-20(26)15-16-1-7-19(8-2-16)29(22,27)28/h1-8H,9-15H2,(H,23,26)(H2,22,27,28). The Balaban J connectivity index is 1.37. The summed E-state index contributed by atoms with van der Waals surface area (Å²) >= 11 is 0. The van der Waals surface area contributed by atoms with E-state index in [-0.39, 0.29) is 23.0 Å². The normalized spacial score (nSPS) is 15.3. The molecule has 7 nitrogen and oxygen atoms in total. The lowest BCUT2D eigenvalue weighted by molar-refractivity contribution is -0.120. The second kappa shape index (κ2) is 9.34. The minimum atomic E-state index is -3.72. The lowest BCUT2D eigenvalue weighted by atomic mass is 10.1. The highest BCUT2D eigenvalue weighted by molar-refractivity contribution is 7.89. The van der Waals surface area contributed by atoms with Crippen molar-refractivity contribution in [1.82, 2.24) is 10.2 Å². The van der Waals surface area contributed by atoms with Gasteiger partial charge in [0, 0.05) is 45.0 Å². The summed E-state index contributed by atoms with van der Waals surface area (Å²) in [5, 5.41) is 7.96. The lowest BCUT2D eigenvalue weighted by Crippen LogP contribution is -2.48. The predicted octanol–water partition coefficient (Wildman–Crippen LogP) is 0.954. The van der Waals surface area contributed by atoms with Gasteiger partial charge in [0.15, 0.2) is 0 Å². The molecule has 29 heavy (non-hydrogen) atoms. The second-order valence-corrected chi connectivity index (χ2v) is 8.58. The van der Waals surface area contributed by atoms with Gasteiger partial charge in [-0.05, 0) is 42.0 Å². The number of amides is 1. The van der Waals surface area contributed by atoms with Gasteiger partial charge in [-0.1, -0.05) is 12.1 Å². The van der Waals surface area contributed by atoms with Gasteiger partial charge in [-0.15, -0.1) is 0 Å². The first-order valence-electron chi connectivity index (χ1n) is 9.42. The first-order valence-corrected chi connectivity index (χ1v) is 11.0. The number of sulfonamides is 1. The third-order valence-electron chi connectivity index (χ3n) is 4.93. The van der Waals surface area contributed by atoms with Crippen LogP contribution < -0.4 is 15.4 Å². The van der Waals surface area contributed by atoms with Crippen LogP contribution in [0.3, 0.4) is 0 Å². The number of carbonyl (C=O) groups excluding carboxylic acids is 1. The number of rotatable bonds is 7. The minimum Gasteiger partial charge on any atom is -0.369 e. The summed E-state index contributed by atoms with van der Waals surface area (Å²) in [7, 11) is -3.72. The molecule has 1 saturated heterocycles. The number of halogens is 1. The van der Waals surface area contributed by atoms with Crippen LogP contribution in [0.2, 0.25) is 0 Å². The maximum absolute atomic E-state index is 13.0. The Morgan fingerprint density at radius 2 is 1.62 bits per heavy atom. The maximum Gasteiger partial charge on any atom is 0.238 e. The average molecular weight is 421 g/mol. The molecule has 3 rings (SSSR count). The highest BCUT2D eigenvalue weighted by Gasteiger charge is 2.17. The molecule has 9 heteroatoms. The van der Waals surface area contributed by atoms with Crippen molar-refractivity contribution in [2.24, 2.45) is 5.14 Å². The van der Waals surface area contributed by atoms with E-state index in [0.717, 1.165) is 44.0 Å². The molecule has 0 spiro atoms. The molecule has 1 aliphatic heterocycles. The molecule has 0 radical (unpaired) electrons. The van der Waals surface area contributed by atoms with Crippen molar-refractivity contribution in [3.63, 3.8) is 0 Å². The Morgan fingerprint density at radius 3 is 2.21 bits per heavy atom. The van der Waals surface area contributed by atoms with Crippen molar-refractivity contribution in [2.45, 2.75) is 11.3 Å². The van der Waals surface area contributed by atoms with Crippen molar-refractivity contribution in [2.75, 3.05) is 44.2 Å². The van der Waals surface area contributed by atoms with Crippen LogP contribution in [0.5, 0.6) is 0 Å². The van der Waals surface area contributed by atoms with Crippen LogP contribution in [-0.2, 0) is 21.2 Å². The molecular formula is C20H25FN4O3S. The van der Waals surface area contributed by atoms with E-state index in [0.29, 0.717) is 6.54 Å². The van der Waals surface area contributed by atoms with Gasteiger partial charge >= 0.3 is 0 Å². The number of nitrogens with one attached hydrogen (secondary N) is 1. The van der Waals surface area contributed by atoms with Crippen molar-refractivity contribution in [3.05, 3.63) is 59.9 Å². The van der Waals surface area contributed by atoms with E-state index in [1.54, 1.807) is 24.3 Å². The Kier molecular flexibility index (Phi) is 6.83. The van der Waals surface area contributed by atoms with Gasteiger partial charge in [0.25, 0.3) is 0 Å². The number of nitrogens with two attached hydrogens (primary N) is 1. The van der Waals surface area contributed by atoms with Crippen LogP contribution in [0, 0.1) is 5.82 Å². The smallest absolute Gasteiger partial charge is 0.238 e. The molecule has 0 unspecified atom stereocenters. The number of carbonyl (C=O) groups is 1. The number of nitrogens with zero attached hydrogens (tertiary/aromatic N) is 2. The zero-order valence-corrected chi connectivity index (χ0v) is 16.9. The average Bonchev–Trinajstić information content (AvgIpc) is 2.69. The third-order valence-corrected chi connectivity index (χ3v) is 5.86. The highest BCUT2D eigenvalue weighted by atomic mass is 32.2. The van der Waals surface area contributed by atoms with Gasteiger partial charge in [-0.3, -0.25) is 9.69 Å². The molecule has 1 fully saturated rings. The zero-order chi connectivity index (χ0) is 20.9. The topological polar surface area (TPSA) is 95.7 Å². The van der Waals surface area contributed by atoms with E-state index in [1.807, 2.05) is 0 Å². The molecule has 1 amide bonds. The quantitative estimate of drug-likeness (QED) is 0.696. The summed E-state index contributed by atoms with van der Waals surface area (Å²) in [4.78, 5) is 16.6. The fourth-order valence-electron chi connectivity index (χ4n) is 3.28. The Labute approximate surface area is 170 Å². The fraction of sp³-hybridized carbons (Fsp3) is 0.350. The molecule has 1 aliphatic rings. The maximum atomic E-state index is 13.0. The SMILES string of the molecule is NS(=O)(=O)c1ccc(CC(=O)NCCN2CCN(c3ccc(F)cc3)CC2)cc1. The molecule has 0 aliphatic carbocycles. The Morgan fingerprint density at radius 1 is 1.00 bits per heavy atom. The van der Waals surface area contributed by atoms with E-state index < -0.39 is 10.0 Å². The van der Waals surface area contributed by atoms with E-state index in [2.05, 4.69) is 15.1 Å². The summed E-state index contributed by atoms with van der Waals surface area (Å²) in [6.07, 6.45) is 0.184. The number of hydrogen-bond donors (Lipinski definition) is 2. The molecule has 2 aromatic rings. The van der Waals surface area contributed by atoms with E-state index in [4.69, 9.17) is 5.14 Å². The van der Waals surface area contributed by atoms with Crippen molar-refractivity contribution in [3.8, 4) is 0 Å². The first-order chi connectivity index (χ1) is 13.8. The number of primary sulfonamides is 1. The zero-order valence-electron chi connectivity index (χ0n) is 16.1. The van der Waals surface area contributed by atoms with Crippen LogP contribution >= 0.6 is 0 Å². The lowest BCUT2D eigenvalue weighted by Gasteiger charge is -2.36. The van der Waals surface area contributed by atoms with Gasteiger partial charge in [0.2, 0.25) is 15.9 Å². The molecule has 0 atom stereocenters. The van der Waals surface area contributed by atoms with Gasteiger partial charge in [0.05, 0.1) is 11.3 Å². The fourth-order valence-corrected chi connectivity index (χ4v) is 3.80. The molecule has 0 aromatic heterocycles. The largest absolute Gasteiger partial charge is 0.369 e. The summed E-state index contributed by atoms with van der Waals surface area (Å²) in [6.45, 7) is 4.77. The van der Waals surface area contributed by atoms with Crippen LogP contribution in [0.4, 0.5) is 10.1 Å². The predicted molar refractivity (Wildman–Crippen MR) is 110 cm³/mol. The summed E-state index contributed by atoms with van der Waals surface area (Å²) in [6, 6.07) is 12.5. The molecular weight excluding hydrogens is 395 g/mol. The van der Waals surface area contributed by atoms with Gasteiger partial charge < -0.3 is 10.2 Å². The van der Waals surface area contributed by atoms with E-state index >= 15 is 0 Å². The summed E-state index contributed by atoms with van der Waals surface area (Å²) in [5.74, 6) is -0.346. The third kappa shape index (κ3) is 6.25. The number of piperazine rings is 1. The Hall–Kier alpha value is -2.49. The second-order valence-electron chi connectivity index (χ2n) is 7.02. The van der Waals surface area contributed by atoms with Crippen molar-refractivity contribution < 1.29 is 17.6 Å². The van der Waals surface area contributed by atoms with Crippen molar-refractivity contribution in [1.29, 1.82) is 0 Å². The molecule has 156 valence electrons. The first kappa shape index (κ1) is 21.2. The van der Waals surface area contributed by atoms with Crippen LogP contribution in [0.15, 0.2) is 53.4 Å². The number of hydrogen-bond acceptors (Lipinski definition) is 5. The monoisotopic (exact) mass is 420 g/mol. The number of anilines is 1. The molecule has 1 heterocycles. The molecule has 2 aromatic carbocycles. The highest BCUT2D eigenvalue weighted by Crippen LogP contribution is 2.16. The number of benzene rings is 2. The minimum absolute atomic E-state index is 0.0291. The summed E-state index contributed by atoms with van der Waals surface area (Å²) < 4.78 is 35.5. The summed E-state index contributed by atoms with van der Waals surface area (Å²) in [5.41, 5.74) is 1.75. The van der Waals surface area contributed by atoms with Gasteiger partial charge in [0.1, 0.15) is 5.82 Å². The van der Waals surface area contributed by atoms with Crippen LogP contribution in [0.1, 0.15) is 5.56 Å². The molecule has 3 N–H and O–H groups in total.